The van der Waals surface area contributed by atoms with E-state index in [-0.39, 0.29) is 23.7 Å². The first-order chi connectivity index (χ1) is 15.5. The Morgan fingerprint density at radius 2 is 1.50 bits per heavy atom. The summed E-state index contributed by atoms with van der Waals surface area (Å²) >= 11 is 0. The van der Waals surface area contributed by atoms with Crippen LogP contribution in [0, 0.1) is 18.8 Å². The van der Waals surface area contributed by atoms with Crippen LogP contribution in [0.5, 0.6) is 0 Å². The maximum Gasteiger partial charge on any atom is 0.252 e. The Balaban J connectivity index is 1.45. The molecule has 6 nitrogen and oxygen atoms in total. The fourth-order valence-electron chi connectivity index (χ4n) is 5.62. The Bertz CT molecular complexity index is 819. The fourth-order valence-corrected chi connectivity index (χ4v) is 5.62. The lowest BCUT2D eigenvalue weighted by Gasteiger charge is -2.39. The van der Waals surface area contributed by atoms with Crippen molar-refractivity contribution in [3.8, 4) is 0 Å². The van der Waals surface area contributed by atoms with Gasteiger partial charge in [0.15, 0.2) is 0 Å². The predicted octanol–water partition coefficient (Wildman–Crippen LogP) is 3.53. The molecule has 2 heterocycles. The van der Waals surface area contributed by atoms with Crippen molar-refractivity contribution < 1.29 is 14.4 Å². The number of nitrogens with zero attached hydrogens (tertiary/aromatic N) is 2. The van der Waals surface area contributed by atoms with Gasteiger partial charge in [-0.05, 0) is 69.4 Å². The molecule has 2 saturated heterocycles. The van der Waals surface area contributed by atoms with Gasteiger partial charge in [0, 0.05) is 37.7 Å². The molecule has 2 aliphatic heterocycles. The number of piperidine rings is 2. The first kappa shape index (κ1) is 22.8. The van der Waals surface area contributed by atoms with Crippen molar-refractivity contribution >= 4 is 17.7 Å². The SMILES string of the molecule is Cc1ccccc1C(=O)N[C@H](C(=O)N1CCCCC1)C1CCN(C(=O)C2CCCC2)CC1. The minimum absolute atomic E-state index is 0.0483. The van der Waals surface area contributed by atoms with Crippen LogP contribution in [0.2, 0.25) is 0 Å². The summed E-state index contributed by atoms with van der Waals surface area (Å²) < 4.78 is 0. The average Bonchev–Trinajstić information content (AvgIpc) is 3.37. The maximum absolute atomic E-state index is 13.5. The molecular formula is C26H37N3O3. The largest absolute Gasteiger partial charge is 0.342 e. The lowest BCUT2D eigenvalue weighted by Crippen LogP contribution is -2.55. The summed E-state index contributed by atoms with van der Waals surface area (Å²) in [6.07, 6.45) is 9.08. The summed E-state index contributed by atoms with van der Waals surface area (Å²) in [6.45, 7) is 4.83. The minimum Gasteiger partial charge on any atom is -0.342 e. The molecular weight excluding hydrogens is 402 g/mol. The second-order valence-corrected chi connectivity index (χ2v) is 9.80. The Labute approximate surface area is 191 Å². The minimum atomic E-state index is -0.524. The molecule has 1 aromatic rings. The van der Waals surface area contributed by atoms with Gasteiger partial charge in [0.05, 0.1) is 0 Å². The monoisotopic (exact) mass is 439 g/mol. The number of benzene rings is 1. The molecule has 3 aliphatic rings. The van der Waals surface area contributed by atoms with Crippen molar-refractivity contribution in [1.82, 2.24) is 15.1 Å². The molecule has 1 aliphatic carbocycles. The molecule has 1 atom stereocenters. The number of carbonyl (C=O) groups excluding carboxylic acids is 3. The number of aryl methyl sites for hydroxylation is 1. The number of hydrogen-bond donors (Lipinski definition) is 1. The van der Waals surface area contributed by atoms with Crippen LogP contribution < -0.4 is 5.32 Å². The van der Waals surface area contributed by atoms with Gasteiger partial charge in [0.1, 0.15) is 6.04 Å². The van der Waals surface area contributed by atoms with Crippen LogP contribution in [0.25, 0.3) is 0 Å². The lowest BCUT2D eigenvalue weighted by molar-refractivity contribution is -0.138. The highest BCUT2D eigenvalue weighted by molar-refractivity contribution is 5.98. The first-order valence-corrected chi connectivity index (χ1v) is 12.5. The second-order valence-electron chi connectivity index (χ2n) is 9.80. The van der Waals surface area contributed by atoms with E-state index in [1.807, 2.05) is 41.0 Å². The number of nitrogens with one attached hydrogen (secondary N) is 1. The van der Waals surface area contributed by atoms with E-state index in [2.05, 4.69) is 5.32 Å². The van der Waals surface area contributed by atoms with Gasteiger partial charge in [-0.2, -0.15) is 0 Å². The van der Waals surface area contributed by atoms with Crippen molar-refractivity contribution in [2.45, 2.75) is 70.8 Å². The number of carbonyl (C=O) groups is 3. The van der Waals surface area contributed by atoms with Gasteiger partial charge in [0.25, 0.3) is 5.91 Å². The van der Waals surface area contributed by atoms with Crippen LogP contribution in [0.1, 0.15) is 73.7 Å². The van der Waals surface area contributed by atoms with Gasteiger partial charge in [-0.25, -0.2) is 0 Å². The molecule has 0 spiro atoms. The van der Waals surface area contributed by atoms with Gasteiger partial charge in [-0.3, -0.25) is 14.4 Å². The van der Waals surface area contributed by atoms with Crippen LogP contribution in [0.3, 0.4) is 0 Å². The molecule has 0 aromatic heterocycles. The summed E-state index contributed by atoms with van der Waals surface area (Å²) in [4.78, 5) is 43.4. The zero-order valence-corrected chi connectivity index (χ0v) is 19.4. The number of hydrogen-bond acceptors (Lipinski definition) is 3. The van der Waals surface area contributed by atoms with Crippen molar-refractivity contribution in [3.63, 3.8) is 0 Å². The van der Waals surface area contributed by atoms with Gasteiger partial charge < -0.3 is 15.1 Å². The molecule has 0 bridgehead atoms. The molecule has 0 radical (unpaired) electrons. The van der Waals surface area contributed by atoms with E-state index < -0.39 is 6.04 Å². The molecule has 0 unspecified atom stereocenters. The normalized spacial score (nSPS) is 21.4. The highest BCUT2D eigenvalue weighted by Crippen LogP contribution is 2.30. The standard InChI is InChI=1S/C26H37N3O3/c1-19-9-3-6-12-22(19)24(30)27-23(26(32)28-15-7-2-8-16-28)20-13-17-29(18-14-20)25(31)21-10-4-5-11-21/h3,6,9,12,20-21,23H,2,4-5,7-8,10-11,13-18H2,1H3,(H,27,30)/t23-/m0/s1. The molecule has 4 rings (SSSR count). The summed E-state index contributed by atoms with van der Waals surface area (Å²) in [7, 11) is 0. The fraction of sp³-hybridized carbons (Fsp3) is 0.654. The predicted molar refractivity (Wildman–Crippen MR) is 124 cm³/mol. The van der Waals surface area contributed by atoms with Crippen LogP contribution in [-0.4, -0.2) is 59.7 Å². The Morgan fingerprint density at radius 3 is 2.16 bits per heavy atom. The number of amides is 3. The molecule has 1 N–H and O–H groups in total. The van der Waals surface area contributed by atoms with Gasteiger partial charge in [-0.1, -0.05) is 31.0 Å². The lowest BCUT2D eigenvalue weighted by atomic mass is 9.87. The highest BCUT2D eigenvalue weighted by atomic mass is 16.2. The Morgan fingerprint density at radius 1 is 0.844 bits per heavy atom. The molecule has 3 amide bonds. The van der Waals surface area contributed by atoms with E-state index in [1.165, 1.54) is 0 Å². The summed E-state index contributed by atoms with van der Waals surface area (Å²) in [5.41, 5.74) is 1.53. The van der Waals surface area contributed by atoms with Gasteiger partial charge >= 0.3 is 0 Å². The van der Waals surface area contributed by atoms with E-state index in [0.29, 0.717) is 24.6 Å². The van der Waals surface area contributed by atoms with Gasteiger partial charge in [-0.15, -0.1) is 0 Å². The van der Waals surface area contributed by atoms with Crippen LogP contribution in [-0.2, 0) is 9.59 Å². The summed E-state index contributed by atoms with van der Waals surface area (Å²) in [6, 6.07) is 6.99. The van der Waals surface area contributed by atoms with Crippen molar-refractivity contribution in [3.05, 3.63) is 35.4 Å². The number of rotatable bonds is 5. The zero-order chi connectivity index (χ0) is 22.5. The van der Waals surface area contributed by atoms with Crippen molar-refractivity contribution in [2.75, 3.05) is 26.2 Å². The molecule has 1 saturated carbocycles. The highest BCUT2D eigenvalue weighted by Gasteiger charge is 2.37. The van der Waals surface area contributed by atoms with E-state index in [1.54, 1.807) is 0 Å². The third kappa shape index (κ3) is 5.16. The Kier molecular flexibility index (Phi) is 7.48. The second kappa shape index (κ2) is 10.5. The van der Waals surface area contributed by atoms with E-state index >= 15 is 0 Å². The van der Waals surface area contributed by atoms with E-state index in [4.69, 9.17) is 0 Å². The number of likely N-dealkylation sites (tertiary alicyclic amines) is 2. The van der Waals surface area contributed by atoms with Crippen molar-refractivity contribution in [1.29, 1.82) is 0 Å². The van der Waals surface area contributed by atoms with E-state index in [0.717, 1.165) is 76.4 Å². The smallest absolute Gasteiger partial charge is 0.252 e. The quantitative estimate of drug-likeness (QED) is 0.763. The van der Waals surface area contributed by atoms with Crippen molar-refractivity contribution in [2.24, 2.45) is 11.8 Å². The molecule has 6 heteroatoms. The summed E-state index contributed by atoms with van der Waals surface area (Å²) in [5, 5.41) is 3.11. The zero-order valence-electron chi connectivity index (χ0n) is 19.4. The topological polar surface area (TPSA) is 69.7 Å². The molecule has 3 fully saturated rings. The Hall–Kier alpha value is -2.37. The van der Waals surface area contributed by atoms with Crippen LogP contribution in [0.4, 0.5) is 0 Å². The third-order valence-electron chi connectivity index (χ3n) is 7.64. The molecule has 32 heavy (non-hydrogen) atoms. The van der Waals surface area contributed by atoms with Crippen LogP contribution in [0.15, 0.2) is 24.3 Å². The van der Waals surface area contributed by atoms with Gasteiger partial charge in [0.2, 0.25) is 11.8 Å². The average molecular weight is 440 g/mol. The van der Waals surface area contributed by atoms with E-state index in [9.17, 15) is 14.4 Å². The maximum atomic E-state index is 13.5. The summed E-state index contributed by atoms with van der Waals surface area (Å²) in [5.74, 6) is 0.419. The molecule has 174 valence electrons. The van der Waals surface area contributed by atoms with Crippen LogP contribution >= 0.6 is 0 Å². The third-order valence-corrected chi connectivity index (χ3v) is 7.64. The molecule has 1 aromatic carbocycles. The first-order valence-electron chi connectivity index (χ1n) is 12.5.